The molecule has 1 fully saturated rings. The van der Waals surface area contributed by atoms with E-state index in [0.717, 1.165) is 11.1 Å². The maximum atomic E-state index is 13.4. The molecule has 2 amide bonds. The average molecular weight is 373 g/mol. The van der Waals surface area contributed by atoms with Crippen molar-refractivity contribution in [2.24, 2.45) is 0 Å². The summed E-state index contributed by atoms with van der Waals surface area (Å²) in [5.41, 5.74) is 2.57. The van der Waals surface area contributed by atoms with Gasteiger partial charge in [-0.3, -0.25) is 9.59 Å². The first kappa shape index (κ1) is 18.0. The molecule has 1 aliphatic heterocycles. The molecule has 1 aliphatic rings. The third-order valence-electron chi connectivity index (χ3n) is 5.22. The van der Waals surface area contributed by atoms with Gasteiger partial charge in [-0.2, -0.15) is 0 Å². The average Bonchev–Trinajstić information content (AvgIpc) is 3.30. The Morgan fingerprint density at radius 1 is 0.714 bits per heavy atom. The summed E-state index contributed by atoms with van der Waals surface area (Å²) in [6, 6.07) is 23.4. The Kier molecular flexibility index (Phi) is 5.24. The molecule has 5 heteroatoms. The molecule has 28 heavy (non-hydrogen) atoms. The number of benzene rings is 2. The summed E-state index contributed by atoms with van der Waals surface area (Å²) < 4.78 is 0. The molecule has 0 aliphatic carbocycles. The molecule has 0 bridgehead atoms. The Hall–Kier alpha value is -3.34. The van der Waals surface area contributed by atoms with Gasteiger partial charge >= 0.3 is 0 Å². The van der Waals surface area contributed by atoms with E-state index in [1.54, 1.807) is 17.2 Å². The number of H-pyrrole nitrogens is 1. The van der Waals surface area contributed by atoms with Gasteiger partial charge < -0.3 is 14.8 Å². The van der Waals surface area contributed by atoms with E-state index in [0.29, 0.717) is 31.9 Å². The Morgan fingerprint density at radius 3 is 1.75 bits per heavy atom. The number of nitrogens with zero attached hydrogens (tertiary/aromatic N) is 2. The van der Waals surface area contributed by atoms with E-state index in [1.807, 2.05) is 71.6 Å². The third kappa shape index (κ3) is 3.69. The van der Waals surface area contributed by atoms with E-state index >= 15 is 0 Å². The fraction of sp³-hybridized carbons (Fsp3) is 0.217. The van der Waals surface area contributed by atoms with Crippen LogP contribution in [0.5, 0.6) is 0 Å². The van der Waals surface area contributed by atoms with E-state index < -0.39 is 0 Å². The van der Waals surface area contributed by atoms with Crippen LogP contribution in [0.25, 0.3) is 0 Å². The lowest BCUT2D eigenvalue weighted by Crippen LogP contribution is -2.51. The normalized spacial score (nSPS) is 14.3. The molecule has 0 saturated carbocycles. The van der Waals surface area contributed by atoms with Gasteiger partial charge in [0.2, 0.25) is 5.91 Å². The highest BCUT2D eigenvalue weighted by molar-refractivity contribution is 5.93. The van der Waals surface area contributed by atoms with Crippen LogP contribution in [0.2, 0.25) is 0 Å². The predicted molar refractivity (Wildman–Crippen MR) is 108 cm³/mol. The second-order valence-corrected chi connectivity index (χ2v) is 6.96. The summed E-state index contributed by atoms with van der Waals surface area (Å²) in [5.74, 6) is -0.253. The second kappa shape index (κ2) is 8.13. The number of hydrogen-bond acceptors (Lipinski definition) is 2. The highest BCUT2D eigenvalue weighted by atomic mass is 16.2. The molecule has 0 atom stereocenters. The number of hydrogen-bond donors (Lipinski definition) is 1. The van der Waals surface area contributed by atoms with Crippen LogP contribution >= 0.6 is 0 Å². The van der Waals surface area contributed by atoms with Crippen molar-refractivity contribution in [3.05, 3.63) is 95.8 Å². The first-order valence-electron chi connectivity index (χ1n) is 9.55. The molecule has 3 aromatic rings. The van der Waals surface area contributed by atoms with Crippen molar-refractivity contribution < 1.29 is 9.59 Å². The third-order valence-corrected chi connectivity index (χ3v) is 5.22. The van der Waals surface area contributed by atoms with Crippen LogP contribution in [-0.2, 0) is 4.79 Å². The molecule has 5 nitrogen and oxygen atoms in total. The highest BCUT2D eigenvalue weighted by Gasteiger charge is 2.31. The topological polar surface area (TPSA) is 56.4 Å². The fourth-order valence-electron chi connectivity index (χ4n) is 3.71. The van der Waals surface area contributed by atoms with Gasteiger partial charge in [0.15, 0.2) is 0 Å². The molecule has 4 rings (SSSR count). The zero-order valence-electron chi connectivity index (χ0n) is 15.6. The minimum Gasteiger partial charge on any atom is -0.357 e. The van der Waals surface area contributed by atoms with E-state index in [-0.39, 0.29) is 17.7 Å². The predicted octanol–water partition coefficient (Wildman–Crippen LogP) is 3.13. The summed E-state index contributed by atoms with van der Waals surface area (Å²) in [6.45, 7) is 2.17. The van der Waals surface area contributed by atoms with Crippen LogP contribution in [0.1, 0.15) is 27.5 Å². The van der Waals surface area contributed by atoms with Crippen LogP contribution in [-0.4, -0.2) is 52.8 Å². The van der Waals surface area contributed by atoms with Crippen molar-refractivity contribution in [3.8, 4) is 0 Å². The molecule has 1 N–H and O–H groups in total. The summed E-state index contributed by atoms with van der Waals surface area (Å²) >= 11 is 0. The minimum atomic E-state index is -0.326. The number of aromatic amines is 1. The molecule has 142 valence electrons. The van der Waals surface area contributed by atoms with E-state index in [1.165, 1.54) is 0 Å². The first-order chi connectivity index (χ1) is 13.7. The summed E-state index contributed by atoms with van der Waals surface area (Å²) in [4.78, 5) is 32.6. The Morgan fingerprint density at radius 2 is 1.25 bits per heavy atom. The standard InChI is InChI=1S/C23H23N3O2/c27-22(20-12-7-13-24-20)25-14-16-26(17-15-25)23(28)21(18-8-3-1-4-9-18)19-10-5-2-6-11-19/h1-13,21,24H,14-17H2. The van der Waals surface area contributed by atoms with Crippen molar-refractivity contribution in [2.75, 3.05) is 26.2 Å². The monoisotopic (exact) mass is 373 g/mol. The Bertz CT molecular complexity index is 876. The first-order valence-corrected chi connectivity index (χ1v) is 9.55. The zero-order chi connectivity index (χ0) is 19.3. The number of nitrogens with one attached hydrogen (secondary N) is 1. The largest absolute Gasteiger partial charge is 0.357 e. The quantitative estimate of drug-likeness (QED) is 0.764. The van der Waals surface area contributed by atoms with Gasteiger partial charge in [-0.1, -0.05) is 60.7 Å². The lowest BCUT2D eigenvalue weighted by molar-refractivity contribution is -0.133. The van der Waals surface area contributed by atoms with Gasteiger partial charge in [0, 0.05) is 32.4 Å². The van der Waals surface area contributed by atoms with Crippen LogP contribution < -0.4 is 0 Å². The molecule has 0 spiro atoms. The minimum absolute atomic E-state index is 0.0141. The molecule has 2 aromatic carbocycles. The smallest absolute Gasteiger partial charge is 0.270 e. The fourth-order valence-corrected chi connectivity index (χ4v) is 3.71. The zero-order valence-corrected chi connectivity index (χ0v) is 15.6. The summed E-state index contributed by atoms with van der Waals surface area (Å²) in [6.07, 6.45) is 1.75. The van der Waals surface area contributed by atoms with Crippen LogP contribution in [0.3, 0.4) is 0 Å². The number of carbonyl (C=O) groups excluding carboxylic acids is 2. The van der Waals surface area contributed by atoms with Crippen molar-refractivity contribution >= 4 is 11.8 Å². The van der Waals surface area contributed by atoms with Crippen LogP contribution in [0, 0.1) is 0 Å². The van der Waals surface area contributed by atoms with Gasteiger partial charge in [0.05, 0.1) is 5.92 Å². The molecule has 1 saturated heterocycles. The molecule has 0 radical (unpaired) electrons. The van der Waals surface area contributed by atoms with E-state index in [2.05, 4.69) is 4.98 Å². The summed E-state index contributed by atoms with van der Waals surface area (Å²) in [5, 5.41) is 0. The van der Waals surface area contributed by atoms with Crippen molar-refractivity contribution in [1.82, 2.24) is 14.8 Å². The van der Waals surface area contributed by atoms with Gasteiger partial charge in [-0.05, 0) is 23.3 Å². The van der Waals surface area contributed by atoms with Crippen molar-refractivity contribution in [2.45, 2.75) is 5.92 Å². The van der Waals surface area contributed by atoms with Gasteiger partial charge in [-0.25, -0.2) is 0 Å². The number of amides is 2. The number of rotatable bonds is 4. The molecule has 0 unspecified atom stereocenters. The maximum Gasteiger partial charge on any atom is 0.270 e. The number of aromatic nitrogens is 1. The Labute approximate surface area is 164 Å². The van der Waals surface area contributed by atoms with Gasteiger partial charge in [-0.15, -0.1) is 0 Å². The highest BCUT2D eigenvalue weighted by Crippen LogP contribution is 2.27. The lowest BCUT2D eigenvalue weighted by atomic mass is 9.90. The van der Waals surface area contributed by atoms with Gasteiger partial charge in [0.1, 0.15) is 5.69 Å². The molecular formula is C23H23N3O2. The number of piperazine rings is 1. The molecule has 1 aromatic heterocycles. The van der Waals surface area contributed by atoms with Crippen molar-refractivity contribution in [3.63, 3.8) is 0 Å². The maximum absolute atomic E-state index is 13.4. The Balaban J connectivity index is 1.50. The molecular weight excluding hydrogens is 350 g/mol. The van der Waals surface area contributed by atoms with E-state index in [4.69, 9.17) is 0 Å². The van der Waals surface area contributed by atoms with Crippen LogP contribution in [0.4, 0.5) is 0 Å². The molecule has 2 heterocycles. The lowest BCUT2D eigenvalue weighted by Gasteiger charge is -2.36. The number of carbonyl (C=O) groups is 2. The van der Waals surface area contributed by atoms with Crippen molar-refractivity contribution in [1.29, 1.82) is 0 Å². The van der Waals surface area contributed by atoms with Gasteiger partial charge in [0.25, 0.3) is 5.91 Å². The second-order valence-electron chi connectivity index (χ2n) is 6.96. The van der Waals surface area contributed by atoms with E-state index in [9.17, 15) is 9.59 Å². The van der Waals surface area contributed by atoms with Crippen LogP contribution in [0.15, 0.2) is 79.0 Å². The summed E-state index contributed by atoms with van der Waals surface area (Å²) in [7, 11) is 0. The SMILES string of the molecule is O=C(c1ccc[nH]1)N1CCN(C(=O)C(c2ccccc2)c2ccccc2)CC1.